The Bertz CT molecular complexity index is 537. The summed E-state index contributed by atoms with van der Waals surface area (Å²) in [5, 5.41) is 11.7. The molecule has 4 heteroatoms. The lowest BCUT2D eigenvalue weighted by Gasteiger charge is -2.32. The molecule has 1 unspecified atom stereocenters. The van der Waals surface area contributed by atoms with Gasteiger partial charge in [0, 0.05) is 17.5 Å². The van der Waals surface area contributed by atoms with Crippen molar-refractivity contribution in [2.24, 2.45) is 0 Å². The molecule has 3 nitrogen and oxygen atoms in total. The highest BCUT2D eigenvalue weighted by atomic mass is 32.1. The number of carbonyl (C=O) groups is 1. The molecule has 1 N–H and O–H groups in total. The summed E-state index contributed by atoms with van der Waals surface area (Å²) in [6.45, 7) is 4.72. The van der Waals surface area contributed by atoms with Gasteiger partial charge in [0.2, 0.25) is 0 Å². The van der Waals surface area contributed by atoms with Crippen LogP contribution >= 0.6 is 11.3 Å². The second-order valence-corrected chi connectivity index (χ2v) is 6.03. The van der Waals surface area contributed by atoms with Gasteiger partial charge < -0.3 is 5.11 Å². The van der Waals surface area contributed by atoms with E-state index in [4.69, 9.17) is 0 Å². The van der Waals surface area contributed by atoms with Crippen LogP contribution < -0.4 is 0 Å². The summed E-state index contributed by atoms with van der Waals surface area (Å²) in [7, 11) is 0. The molecule has 0 amide bonds. The highest BCUT2D eigenvalue weighted by Gasteiger charge is 2.29. The molecule has 0 radical (unpaired) electrons. The molecule has 20 heavy (non-hydrogen) atoms. The van der Waals surface area contributed by atoms with Gasteiger partial charge in [0.25, 0.3) is 0 Å². The Kier molecular flexibility index (Phi) is 4.93. The van der Waals surface area contributed by atoms with E-state index in [1.54, 1.807) is 11.3 Å². The topological polar surface area (TPSA) is 40.5 Å². The molecule has 106 valence electrons. The molecule has 2 rings (SSSR count). The average Bonchev–Trinajstić information content (AvgIpc) is 2.91. The van der Waals surface area contributed by atoms with Gasteiger partial charge in [-0.3, -0.25) is 9.69 Å². The molecule has 0 aliphatic carbocycles. The van der Waals surface area contributed by atoms with E-state index in [2.05, 4.69) is 0 Å². The lowest BCUT2D eigenvalue weighted by molar-refractivity contribution is -0.144. The predicted octanol–water partition coefficient (Wildman–Crippen LogP) is 3.78. The minimum Gasteiger partial charge on any atom is -0.480 e. The summed E-state index contributed by atoms with van der Waals surface area (Å²) in [5.41, 5.74) is 0.824. The van der Waals surface area contributed by atoms with Gasteiger partial charge in [0.05, 0.1) is 0 Å². The number of benzene rings is 1. The van der Waals surface area contributed by atoms with E-state index in [9.17, 15) is 9.90 Å². The predicted molar refractivity (Wildman–Crippen MR) is 81.8 cm³/mol. The zero-order valence-corrected chi connectivity index (χ0v) is 12.5. The van der Waals surface area contributed by atoms with Crippen molar-refractivity contribution in [1.29, 1.82) is 0 Å². The Morgan fingerprint density at radius 3 is 2.40 bits per heavy atom. The largest absolute Gasteiger partial charge is 0.480 e. The van der Waals surface area contributed by atoms with Gasteiger partial charge in [-0.2, -0.15) is 0 Å². The summed E-state index contributed by atoms with van der Waals surface area (Å²) < 4.78 is 0. The SMILES string of the molecule is CC(C)N(Cc1cccs1)C(C(=O)O)c1ccccc1. The molecule has 0 fully saturated rings. The lowest BCUT2D eigenvalue weighted by atomic mass is 10.0. The number of carboxylic acid groups (broad SMARTS) is 1. The Balaban J connectivity index is 2.31. The Labute approximate surface area is 123 Å². The monoisotopic (exact) mass is 289 g/mol. The molecule has 1 atom stereocenters. The molecule has 0 saturated heterocycles. The molecule has 0 aliphatic rings. The van der Waals surface area contributed by atoms with E-state index in [0.717, 1.165) is 5.56 Å². The van der Waals surface area contributed by atoms with Crippen molar-refractivity contribution >= 4 is 17.3 Å². The minimum atomic E-state index is -0.804. The van der Waals surface area contributed by atoms with E-state index < -0.39 is 12.0 Å². The average molecular weight is 289 g/mol. The first-order valence-corrected chi connectivity index (χ1v) is 7.53. The van der Waals surface area contributed by atoms with Crippen LogP contribution in [0.1, 0.15) is 30.3 Å². The van der Waals surface area contributed by atoms with Gasteiger partial charge in [0.1, 0.15) is 6.04 Å². The quantitative estimate of drug-likeness (QED) is 0.879. The van der Waals surface area contributed by atoms with Crippen LogP contribution in [-0.4, -0.2) is 22.0 Å². The van der Waals surface area contributed by atoms with Crippen LogP contribution in [0.25, 0.3) is 0 Å². The summed E-state index contributed by atoms with van der Waals surface area (Å²) in [4.78, 5) is 14.9. The van der Waals surface area contributed by atoms with Gasteiger partial charge in [-0.25, -0.2) is 0 Å². The zero-order valence-electron chi connectivity index (χ0n) is 11.7. The second-order valence-electron chi connectivity index (χ2n) is 5.00. The van der Waals surface area contributed by atoms with Crippen molar-refractivity contribution in [1.82, 2.24) is 4.90 Å². The fourth-order valence-corrected chi connectivity index (χ4v) is 2.98. The number of thiophene rings is 1. The number of hydrogen-bond acceptors (Lipinski definition) is 3. The molecule has 0 bridgehead atoms. The first kappa shape index (κ1) is 14.8. The van der Waals surface area contributed by atoms with E-state index in [0.29, 0.717) is 6.54 Å². The van der Waals surface area contributed by atoms with E-state index in [1.165, 1.54) is 4.88 Å². The van der Waals surface area contributed by atoms with Crippen molar-refractivity contribution in [2.75, 3.05) is 0 Å². The lowest BCUT2D eigenvalue weighted by Crippen LogP contribution is -2.38. The number of aliphatic carboxylic acids is 1. The van der Waals surface area contributed by atoms with Gasteiger partial charge in [-0.15, -0.1) is 11.3 Å². The third-order valence-electron chi connectivity index (χ3n) is 3.26. The fourth-order valence-electron chi connectivity index (χ4n) is 2.27. The van der Waals surface area contributed by atoms with Crippen molar-refractivity contribution < 1.29 is 9.90 Å². The zero-order chi connectivity index (χ0) is 14.5. The molecular formula is C16H19NO2S. The standard InChI is InChI=1S/C16H19NO2S/c1-12(2)17(11-14-9-6-10-20-14)15(16(18)19)13-7-4-3-5-8-13/h3-10,12,15H,11H2,1-2H3,(H,18,19). The van der Waals surface area contributed by atoms with Gasteiger partial charge in [-0.05, 0) is 30.9 Å². The normalized spacial score (nSPS) is 12.8. The first-order valence-electron chi connectivity index (χ1n) is 6.65. The Hall–Kier alpha value is -1.65. The van der Waals surface area contributed by atoms with Crippen molar-refractivity contribution in [3.8, 4) is 0 Å². The molecular weight excluding hydrogens is 270 g/mol. The van der Waals surface area contributed by atoms with Crippen LogP contribution in [0.2, 0.25) is 0 Å². The maximum absolute atomic E-state index is 11.7. The Morgan fingerprint density at radius 2 is 1.90 bits per heavy atom. The molecule has 0 spiro atoms. The number of nitrogens with zero attached hydrogens (tertiary/aromatic N) is 1. The van der Waals surface area contributed by atoms with E-state index in [-0.39, 0.29) is 6.04 Å². The van der Waals surface area contributed by atoms with Crippen LogP contribution in [0.5, 0.6) is 0 Å². The summed E-state index contributed by atoms with van der Waals surface area (Å²) in [6.07, 6.45) is 0. The van der Waals surface area contributed by atoms with Crippen LogP contribution in [0.3, 0.4) is 0 Å². The van der Waals surface area contributed by atoms with Gasteiger partial charge in [-0.1, -0.05) is 36.4 Å². The molecule has 1 aromatic carbocycles. The smallest absolute Gasteiger partial charge is 0.325 e. The van der Waals surface area contributed by atoms with E-state index >= 15 is 0 Å². The molecule has 1 aromatic heterocycles. The summed E-state index contributed by atoms with van der Waals surface area (Å²) >= 11 is 1.66. The highest BCUT2D eigenvalue weighted by molar-refractivity contribution is 7.09. The summed E-state index contributed by atoms with van der Waals surface area (Å²) in [6, 6.07) is 13.0. The molecule has 0 saturated carbocycles. The Morgan fingerprint density at radius 1 is 1.20 bits per heavy atom. The fraction of sp³-hybridized carbons (Fsp3) is 0.312. The minimum absolute atomic E-state index is 0.151. The van der Waals surface area contributed by atoms with Crippen molar-refractivity contribution in [2.45, 2.75) is 32.5 Å². The third kappa shape index (κ3) is 3.46. The molecule has 1 heterocycles. The first-order chi connectivity index (χ1) is 9.59. The van der Waals surface area contributed by atoms with Crippen LogP contribution in [0.15, 0.2) is 47.8 Å². The molecule has 0 aliphatic heterocycles. The third-order valence-corrected chi connectivity index (χ3v) is 4.12. The highest BCUT2D eigenvalue weighted by Crippen LogP contribution is 2.26. The van der Waals surface area contributed by atoms with E-state index in [1.807, 2.05) is 66.6 Å². The van der Waals surface area contributed by atoms with Crippen LogP contribution in [0, 0.1) is 0 Å². The van der Waals surface area contributed by atoms with Crippen molar-refractivity contribution in [3.05, 3.63) is 58.3 Å². The van der Waals surface area contributed by atoms with Gasteiger partial charge >= 0.3 is 5.97 Å². The van der Waals surface area contributed by atoms with Crippen molar-refractivity contribution in [3.63, 3.8) is 0 Å². The number of carboxylic acids is 1. The second kappa shape index (κ2) is 6.68. The number of hydrogen-bond donors (Lipinski definition) is 1. The number of rotatable bonds is 6. The molecule has 2 aromatic rings. The maximum atomic E-state index is 11.7. The van der Waals surface area contributed by atoms with Crippen LogP contribution in [-0.2, 0) is 11.3 Å². The maximum Gasteiger partial charge on any atom is 0.325 e. The van der Waals surface area contributed by atoms with Crippen LogP contribution in [0.4, 0.5) is 0 Å². The van der Waals surface area contributed by atoms with Gasteiger partial charge in [0.15, 0.2) is 0 Å². The summed E-state index contributed by atoms with van der Waals surface area (Å²) in [5.74, 6) is -0.804.